The molecule has 1 fully saturated rings. The number of aliphatic hydroxyl groups excluding tert-OH is 1. The maximum Gasteiger partial charge on any atom is 0.328 e. The minimum atomic E-state index is -1.25. The Morgan fingerprint density at radius 2 is 2.06 bits per heavy atom. The monoisotopic (exact) mass is 244 g/mol. The van der Waals surface area contributed by atoms with Gasteiger partial charge in [-0.05, 0) is 33.1 Å². The number of hydrogen-bond acceptors (Lipinski definition) is 3. The molecule has 1 aliphatic rings. The van der Waals surface area contributed by atoms with Crippen LogP contribution in [0.1, 0.15) is 33.1 Å². The van der Waals surface area contributed by atoms with Crippen molar-refractivity contribution < 1.29 is 19.8 Å². The van der Waals surface area contributed by atoms with E-state index in [0.717, 1.165) is 19.3 Å². The maximum atomic E-state index is 11.9. The topological polar surface area (TPSA) is 89.9 Å². The summed E-state index contributed by atoms with van der Waals surface area (Å²) in [5.74, 6) is -1.22. The van der Waals surface area contributed by atoms with E-state index < -0.39 is 24.1 Å². The van der Waals surface area contributed by atoms with Crippen LogP contribution in [0.15, 0.2) is 0 Å². The molecular formula is C11H20N2O4. The zero-order valence-electron chi connectivity index (χ0n) is 10.2. The summed E-state index contributed by atoms with van der Waals surface area (Å²) in [7, 11) is 0. The van der Waals surface area contributed by atoms with Crippen LogP contribution >= 0.6 is 0 Å². The quantitative estimate of drug-likeness (QED) is 0.670. The highest BCUT2D eigenvalue weighted by atomic mass is 16.4. The number of piperidine rings is 1. The predicted molar refractivity (Wildman–Crippen MR) is 61.7 cm³/mol. The molecule has 0 aliphatic carbocycles. The average Bonchev–Trinajstić information content (AvgIpc) is 2.25. The summed E-state index contributed by atoms with van der Waals surface area (Å²) in [6.45, 7) is 3.93. The summed E-state index contributed by atoms with van der Waals surface area (Å²) in [5, 5.41) is 20.5. The van der Waals surface area contributed by atoms with Crippen molar-refractivity contribution in [3.05, 3.63) is 0 Å². The van der Waals surface area contributed by atoms with E-state index in [1.54, 1.807) is 4.90 Å². The van der Waals surface area contributed by atoms with Crippen LogP contribution in [0.3, 0.4) is 0 Å². The van der Waals surface area contributed by atoms with Crippen molar-refractivity contribution in [1.82, 2.24) is 10.2 Å². The van der Waals surface area contributed by atoms with Crippen molar-refractivity contribution in [2.45, 2.75) is 51.3 Å². The molecule has 17 heavy (non-hydrogen) atoms. The molecule has 0 aromatic rings. The minimum Gasteiger partial charge on any atom is -0.480 e. The SMILES string of the molecule is CC1CCCCN1C(=O)N[C@H](C(=O)O)[C@@H](C)O. The third-order valence-corrected chi connectivity index (χ3v) is 3.09. The molecule has 6 heteroatoms. The third-order valence-electron chi connectivity index (χ3n) is 3.09. The molecule has 0 radical (unpaired) electrons. The maximum absolute atomic E-state index is 11.9. The molecule has 6 nitrogen and oxygen atoms in total. The fourth-order valence-electron chi connectivity index (χ4n) is 2.00. The Labute approximate surface area is 101 Å². The van der Waals surface area contributed by atoms with Gasteiger partial charge in [0, 0.05) is 12.6 Å². The smallest absolute Gasteiger partial charge is 0.328 e. The number of carbonyl (C=O) groups excluding carboxylic acids is 1. The molecule has 3 N–H and O–H groups in total. The van der Waals surface area contributed by atoms with Crippen molar-refractivity contribution in [1.29, 1.82) is 0 Å². The van der Waals surface area contributed by atoms with Crippen molar-refractivity contribution in [2.75, 3.05) is 6.54 Å². The number of nitrogens with zero attached hydrogens (tertiary/aromatic N) is 1. The average molecular weight is 244 g/mol. The van der Waals surface area contributed by atoms with Gasteiger partial charge >= 0.3 is 12.0 Å². The Balaban J connectivity index is 2.60. The Kier molecular flexibility index (Phi) is 4.74. The van der Waals surface area contributed by atoms with Gasteiger partial charge in [-0.15, -0.1) is 0 Å². The second-order valence-corrected chi connectivity index (χ2v) is 4.54. The van der Waals surface area contributed by atoms with Gasteiger partial charge in [-0.1, -0.05) is 0 Å². The normalized spacial score (nSPS) is 23.9. The lowest BCUT2D eigenvalue weighted by molar-refractivity contribution is -0.141. The first kappa shape index (κ1) is 13.8. The van der Waals surface area contributed by atoms with Crippen molar-refractivity contribution in [3.8, 4) is 0 Å². The number of urea groups is 1. The first-order valence-corrected chi connectivity index (χ1v) is 5.91. The molecule has 2 amide bonds. The lowest BCUT2D eigenvalue weighted by Gasteiger charge is -2.34. The number of aliphatic carboxylic acids is 1. The van der Waals surface area contributed by atoms with Crippen molar-refractivity contribution >= 4 is 12.0 Å². The Morgan fingerprint density at radius 1 is 1.41 bits per heavy atom. The number of rotatable bonds is 3. The van der Waals surface area contributed by atoms with E-state index in [2.05, 4.69) is 5.32 Å². The lowest BCUT2D eigenvalue weighted by atomic mass is 10.0. The van der Waals surface area contributed by atoms with Crippen LogP contribution in [0.25, 0.3) is 0 Å². The largest absolute Gasteiger partial charge is 0.480 e. The zero-order chi connectivity index (χ0) is 13.0. The second-order valence-electron chi connectivity index (χ2n) is 4.54. The van der Waals surface area contributed by atoms with Crippen molar-refractivity contribution in [3.63, 3.8) is 0 Å². The minimum absolute atomic E-state index is 0.118. The zero-order valence-corrected chi connectivity index (χ0v) is 10.2. The van der Waals surface area contributed by atoms with Crippen LogP contribution in [0, 0.1) is 0 Å². The summed E-state index contributed by atoms with van der Waals surface area (Å²) < 4.78 is 0. The highest BCUT2D eigenvalue weighted by Gasteiger charge is 2.29. The number of carboxylic acids is 1. The summed E-state index contributed by atoms with van der Waals surface area (Å²) in [5.41, 5.74) is 0. The van der Waals surface area contributed by atoms with Crippen LogP contribution < -0.4 is 5.32 Å². The molecule has 1 aliphatic heterocycles. The van der Waals surface area contributed by atoms with Crippen LogP contribution in [-0.2, 0) is 4.79 Å². The fourth-order valence-corrected chi connectivity index (χ4v) is 2.00. The molecule has 1 saturated heterocycles. The summed E-state index contributed by atoms with van der Waals surface area (Å²) in [4.78, 5) is 24.3. The van der Waals surface area contributed by atoms with Gasteiger partial charge in [-0.25, -0.2) is 9.59 Å². The Bertz CT molecular complexity index is 293. The van der Waals surface area contributed by atoms with Gasteiger partial charge in [0.15, 0.2) is 6.04 Å². The highest BCUT2D eigenvalue weighted by molar-refractivity contribution is 5.83. The van der Waals surface area contributed by atoms with Crippen LogP contribution in [-0.4, -0.2) is 51.8 Å². The van der Waals surface area contributed by atoms with E-state index in [9.17, 15) is 14.7 Å². The number of carbonyl (C=O) groups is 2. The molecule has 1 rings (SSSR count). The number of carboxylic acid groups (broad SMARTS) is 1. The summed E-state index contributed by atoms with van der Waals surface area (Å²) in [6.07, 6.45) is 1.84. The van der Waals surface area contributed by atoms with Crippen LogP contribution in [0.5, 0.6) is 0 Å². The van der Waals surface area contributed by atoms with E-state index in [1.165, 1.54) is 6.92 Å². The number of amides is 2. The molecular weight excluding hydrogens is 224 g/mol. The van der Waals surface area contributed by atoms with E-state index >= 15 is 0 Å². The molecule has 0 saturated carbocycles. The summed E-state index contributed by atoms with van der Waals surface area (Å²) in [6, 6.07) is -1.55. The number of nitrogens with one attached hydrogen (secondary N) is 1. The molecule has 1 heterocycles. The van der Waals surface area contributed by atoms with Gasteiger partial charge in [0.25, 0.3) is 0 Å². The van der Waals surface area contributed by atoms with Gasteiger partial charge < -0.3 is 20.4 Å². The van der Waals surface area contributed by atoms with Crippen LogP contribution in [0.2, 0.25) is 0 Å². The van der Waals surface area contributed by atoms with E-state index in [1.807, 2.05) is 6.92 Å². The van der Waals surface area contributed by atoms with Gasteiger partial charge in [0.2, 0.25) is 0 Å². The predicted octanol–water partition coefficient (Wildman–Crippen LogP) is 0.404. The molecule has 0 aromatic heterocycles. The summed E-state index contributed by atoms with van der Waals surface area (Å²) >= 11 is 0. The van der Waals surface area contributed by atoms with E-state index in [-0.39, 0.29) is 6.04 Å². The number of aliphatic hydroxyl groups is 1. The standard InChI is InChI=1S/C11H20N2O4/c1-7-5-3-4-6-13(7)11(17)12-9(8(2)14)10(15)16/h7-9,14H,3-6H2,1-2H3,(H,12,17)(H,15,16)/t7?,8-,9+/m1/s1. The molecule has 0 spiro atoms. The van der Waals surface area contributed by atoms with Gasteiger partial charge in [0.05, 0.1) is 6.10 Å². The Morgan fingerprint density at radius 3 is 2.53 bits per heavy atom. The molecule has 98 valence electrons. The lowest BCUT2D eigenvalue weighted by Crippen LogP contribution is -2.55. The first-order valence-electron chi connectivity index (χ1n) is 5.91. The third kappa shape index (κ3) is 3.59. The Hall–Kier alpha value is -1.30. The van der Waals surface area contributed by atoms with E-state index in [0.29, 0.717) is 6.54 Å². The second kappa shape index (κ2) is 5.86. The molecule has 0 aromatic carbocycles. The number of hydrogen-bond donors (Lipinski definition) is 3. The van der Waals surface area contributed by atoms with Crippen molar-refractivity contribution in [2.24, 2.45) is 0 Å². The molecule has 0 bridgehead atoms. The first-order chi connectivity index (χ1) is 7.93. The van der Waals surface area contributed by atoms with Crippen LogP contribution in [0.4, 0.5) is 4.79 Å². The molecule has 1 unspecified atom stereocenters. The van der Waals surface area contributed by atoms with Gasteiger partial charge in [-0.3, -0.25) is 0 Å². The molecule has 3 atom stereocenters. The highest BCUT2D eigenvalue weighted by Crippen LogP contribution is 2.16. The number of likely N-dealkylation sites (tertiary alicyclic amines) is 1. The van der Waals surface area contributed by atoms with E-state index in [4.69, 9.17) is 5.11 Å². The van der Waals surface area contributed by atoms with Gasteiger partial charge in [-0.2, -0.15) is 0 Å². The fraction of sp³-hybridized carbons (Fsp3) is 0.818. The van der Waals surface area contributed by atoms with Gasteiger partial charge in [0.1, 0.15) is 0 Å².